The molecule has 0 radical (unpaired) electrons. The van der Waals surface area contributed by atoms with Gasteiger partial charge in [-0.3, -0.25) is 0 Å². The average molecular weight is 407 g/mol. The van der Waals surface area contributed by atoms with Gasteiger partial charge in [-0.1, -0.05) is 44.7 Å². The Morgan fingerprint density at radius 3 is 2.31 bits per heavy atom. The average Bonchev–Trinajstić information content (AvgIpc) is 2.68. The summed E-state index contributed by atoms with van der Waals surface area (Å²) in [6.07, 6.45) is 0.699. The third-order valence-corrected chi connectivity index (χ3v) is 9.58. The van der Waals surface area contributed by atoms with Crippen molar-refractivity contribution in [2.24, 2.45) is 9.98 Å². The molecular formula is C24H30N2O2Si. The van der Waals surface area contributed by atoms with Gasteiger partial charge in [0, 0.05) is 13.0 Å². The summed E-state index contributed by atoms with van der Waals surface area (Å²) in [7, 11) is -0.0815. The van der Waals surface area contributed by atoms with E-state index in [4.69, 9.17) is 9.16 Å². The number of rotatable bonds is 6. The van der Waals surface area contributed by atoms with Crippen LogP contribution in [-0.4, -0.2) is 28.0 Å². The number of ether oxygens (including phenoxy) is 1. The van der Waals surface area contributed by atoms with E-state index in [0.29, 0.717) is 13.0 Å². The molecular weight excluding hydrogens is 376 g/mol. The number of hydrogen-bond donors (Lipinski definition) is 0. The maximum Gasteiger partial charge on any atom is 0.192 e. The molecule has 0 amide bonds. The summed E-state index contributed by atoms with van der Waals surface area (Å²) >= 11 is 0. The molecule has 0 aliphatic heterocycles. The van der Waals surface area contributed by atoms with Crippen molar-refractivity contribution in [1.29, 1.82) is 0 Å². The van der Waals surface area contributed by atoms with Gasteiger partial charge in [0.05, 0.1) is 24.0 Å². The molecule has 0 N–H and O–H groups in total. The van der Waals surface area contributed by atoms with E-state index in [1.165, 1.54) is 0 Å². The first-order chi connectivity index (χ1) is 13.7. The molecule has 4 nitrogen and oxygen atoms in total. The Morgan fingerprint density at radius 2 is 1.66 bits per heavy atom. The lowest BCUT2D eigenvalue weighted by Crippen LogP contribution is -2.40. The summed E-state index contributed by atoms with van der Waals surface area (Å²) in [5.74, 6) is 7.19. The Balaban J connectivity index is 2.02. The number of aliphatic imine (C=N–C) groups is 2. The molecule has 0 unspecified atom stereocenters. The topological polar surface area (TPSA) is 43.2 Å². The number of para-hydroxylation sites is 1. The smallest absolute Gasteiger partial charge is 0.192 e. The molecule has 0 saturated carbocycles. The molecule has 0 fully saturated rings. The zero-order valence-electron chi connectivity index (χ0n) is 18.2. The largest absolute Gasteiger partial charge is 0.497 e. The second-order valence-corrected chi connectivity index (χ2v) is 13.0. The van der Waals surface area contributed by atoms with Crippen molar-refractivity contribution in [2.45, 2.75) is 45.3 Å². The first-order valence-electron chi connectivity index (χ1n) is 9.75. The molecule has 2 aromatic carbocycles. The molecule has 0 aliphatic carbocycles. The standard InChI is InChI=1S/C24H30N2O2Si/c1-24(2,3)29(5,6)28-18-10-9-12-20-11-7-8-13-23(20)26-19-25-21-14-16-22(27-4)17-15-21/h7-8,11,13-17H,10,18H2,1-6H3. The second kappa shape index (κ2) is 10.2. The molecule has 0 atom stereocenters. The Morgan fingerprint density at radius 1 is 0.966 bits per heavy atom. The van der Waals surface area contributed by atoms with E-state index < -0.39 is 8.32 Å². The minimum absolute atomic E-state index is 0.213. The zero-order valence-corrected chi connectivity index (χ0v) is 19.2. The van der Waals surface area contributed by atoms with Gasteiger partial charge < -0.3 is 9.16 Å². The van der Waals surface area contributed by atoms with Crippen LogP contribution in [0.25, 0.3) is 0 Å². The molecule has 152 valence electrons. The highest BCUT2D eigenvalue weighted by Crippen LogP contribution is 2.36. The summed E-state index contributed by atoms with van der Waals surface area (Å²) in [6.45, 7) is 11.9. The molecule has 0 saturated heterocycles. The van der Waals surface area contributed by atoms with Crippen LogP contribution in [0.5, 0.6) is 5.75 Å². The van der Waals surface area contributed by atoms with E-state index in [2.05, 4.69) is 61.7 Å². The molecule has 5 heteroatoms. The van der Waals surface area contributed by atoms with Gasteiger partial charge in [0.25, 0.3) is 0 Å². The van der Waals surface area contributed by atoms with Gasteiger partial charge in [-0.15, -0.1) is 0 Å². The highest BCUT2D eigenvalue weighted by atomic mass is 28.4. The molecule has 29 heavy (non-hydrogen) atoms. The minimum atomic E-state index is -1.72. The van der Waals surface area contributed by atoms with Crippen molar-refractivity contribution >= 4 is 25.7 Å². The first-order valence-corrected chi connectivity index (χ1v) is 12.7. The van der Waals surface area contributed by atoms with Crippen molar-refractivity contribution in [1.82, 2.24) is 0 Å². The van der Waals surface area contributed by atoms with Crippen LogP contribution in [0.3, 0.4) is 0 Å². The van der Waals surface area contributed by atoms with E-state index in [0.717, 1.165) is 22.7 Å². The summed E-state index contributed by atoms with van der Waals surface area (Å²) in [6, 6.07) is 17.9. The lowest BCUT2D eigenvalue weighted by molar-refractivity contribution is 0.296. The molecule has 2 rings (SSSR count). The van der Waals surface area contributed by atoms with Gasteiger partial charge in [-0.25, -0.2) is 0 Å². The van der Waals surface area contributed by atoms with Crippen molar-refractivity contribution in [3.63, 3.8) is 0 Å². The fraction of sp³-hybridized carbons (Fsp3) is 0.375. The van der Waals surface area contributed by atoms with Crippen molar-refractivity contribution < 1.29 is 9.16 Å². The maximum absolute atomic E-state index is 6.17. The summed E-state index contributed by atoms with van der Waals surface area (Å²) in [5.41, 5.74) is 2.38. The normalized spacial score (nSPS) is 11.1. The summed E-state index contributed by atoms with van der Waals surface area (Å²) < 4.78 is 11.3. The zero-order chi connectivity index (χ0) is 21.3. The Labute approximate surface area is 175 Å². The number of methoxy groups -OCH3 is 1. The van der Waals surface area contributed by atoms with Crippen LogP contribution in [0, 0.1) is 11.8 Å². The van der Waals surface area contributed by atoms with E-state index in [9.17, 15) is 0 Å². The maximum atomic E-state index is 6.17. The van der Waals surface area contributed by atoms with Crippen LogP contribution >= 0.6 is 0 Å². The van der Waals surface area contributed by atoms with Crippen molar-refractivity contribution in [2.75, 3.05) is 13.7 Å². The fourth-order valence-electron chi connectivity index (χ4n) is 2.20. The lowest BCUT2D eigenvalue weighted by atomic mass is 10.2. The van der Waals surface area contributed by atoms with Crippen LogP contribution in [0.15, 0.2) is 58.5 Å². The Bertz CT molecular complexity index is 926. The van der Waals surface area contributed by atoms with Gasteiger partial charge in [-0.05, 0) is 54.5 Å². The van der Waals surface area contributed by atoms with Crippen molar-refractivity contribution in [3.8, 4) is 17.6 Å². The molecule has 0 bridgehead atoms. The van der Waals surface area contributed by atoms with Gasteiger partial charge in [0.2, 0.25) is 0 Å². The molecule has 0 aromatic heterocycles. The Kier molecular flexibility index (Phi) is 7.98. The SMILES string of the molecule is COc1ccc(N=C=Nc2ccccc2C#CCCO[Si](C)(C)C(C)(C)C)cc1. The molecule has 0 aliphatic rings. The molecule has 0 heterocycles. The predicted molar refractivity (Wildman–Crippen MR) is 123 cm³/mol. The van der Waals surface area contributed by atoms with E-state index in [-0.39, 0.29) is 5.04 Å². The van der Waals surface area contributed by atoms with Crippen LogP contribution < -0.4 is 4.74 Å². The molecule has 0 spiro atoms. The van der Waals surface area contributed by atoms with E-state index >= 15 is 0 Å². The number of benzene rings is 2. The number of hydrogen-bond acceptors (Lipinski definition) is 4. The quantitative estimate of drug-likeness (QED) is 0.235. The van der Waals surface area contributed by atoms with Crippen LogP contribution in [0.1, 0.15) is 32.8 Å². The monoisotopic (exact) mass is 406 g/mol. The fourth-order valence-corrected chi connectivity index (χ4v) is 3.25. The lowest BCUT2D eigenvalue weighted by Gasteiger charge is -2.35. The molecule has 2 aromatic rings. The minimum Gasteiger partial charge on any atom is -0.497 e. The van der Waals surface area contributed by atoms with Gasteiger partial charge in [-0.2, -0.15) is 9.98 Å². The third-order valence-electron chi connectivity index (χ3n) is 5.05. The van der Waals surface area contributed by atoms with Crippen LogP contribution in [0.2, 0.25) is 18.1 Å². The highest BCUT2D eigenvalue weighted by molar-refractivity contribution is 6.74. The third kappa shape index (κ3) is 7.03. The van der Waals surface area contributed by atoms with Crippen LogP contribution in [0.4, 0.5) is 11.4 Å². The Hall–Kier alpha value is -2.64. The number of nitrogens with zero attached hydrogens (tertiary/aromatic N) is 2. The highest BCUT2D eigenvalue weighted by Gasteiger charge is 2.36. The first kappa shape index (κ1) is 22.6. The van der Waals surface area contributed by atoms with Gasteiger partial charge in [0.15, 0.2) is 8.32 Å². The summed E-state index contributed by atoms with van der Waals surface area (Å²) in [5, 5.41) is 0.213. The van der Waals surface area contributed by atoms with Gasteiger partial charge in [0.1, 0.15) is 11.8 Å². The van der Waals surface area contributed by atoms with Crippen LogP contribution in [-0.2, 0) is 4.43 Å². The van der Waals surface area contributed by atoms with Gasteiger partial charge >= 0.3 is 0 Å². The second-order valence-electron chi connectivity index (χ2n) is 8.20. The predicted octanol–water partition coefficient (Wildman–Crippen LogP) is 6.60. The van der Waals surface area contributed by atoms with E-state index in [1.54, 1.807) is 7.11 Å². The van der Waals surface area contributed by atoms with Crippen molar-refractivity contribution in [3.05, 3.63) is 54.1 Å². The van der Waals surface area contributed by atoms with E-state index in [1.807, 2.05) is 48.5 Å². The summed E-state index contributed by atoms with van der Waals surface area (Å²) in [4.78, 5) is 8.58.